The first-order chi connectivity index (χ1) is 19.4. The standard InChI is InChI=1S/C33H43N3O4/c1-4-20-36(21-5-2)33(39)28-13-9-12-27(23-28)32(38)35-30(22-26-10-7-6-8-11-26)31(37)24-34-19-18-25-14-16-29(40-3)17-15-25/h6-17,23,30-31,34,37H,4-5,18-22,24H2,1-3H3,(H,35,38)/t30-,31+/m0/s1. The second-order valence-electron chi connectivity index (χ2n) is 10.0. The molecular formula is C33H43N3O4. The van der Waals surface area contributed by atoms with E-state index in [4.69, 9.17) is 4.74 Å². The Hall–Kier alpha value is -3.68. The van der Waals surface area contributed by atoms with Crippen LogP contribution in [0.1, 0.15) is 58.5 Å². The van der Waals surface area contributed by atoms with E-state index in [-0.39, 0.29) is 11.8 Å². The van der Waals surface area contributed by atoms with Crippen LogP contribution in [0.4, 0.5) is 0 Å². The smallest absolute Gasteiger partial charge is 0.253 e. The Balaban J connectivity index is 1.65. The summed E-state index contributed by atoms with van der Waals surface area (Å²) in [7, 11) is 1.65. The lowest BCUT2D eigenvalue weighted by Gasteiger charge is -2.25. The summed E-state index contributed by atoms with van der Waals surface area (Å²) in [4.78, 5) is 28.3. The van der Waals surface area contributed by atoms with Crippen LogP contribution in [0.2, 0.25) is 0 Å². The van der Waals surface area contributed by atoms with Gasteiger partial charge in [-0.3, -0.25) is 9.59 Å². The third kappa shape index (κ3) is 9.50. The molecule has 0 heterocycles. The molecule has 0 bridgehead atoms. The summed E-state index contributed by atoms with van der Waals surface area (Å²) in [5.74, 6) is 0.437. The van der Waals surface area contributed by atoms with Gasteiger partial charge in [-0.05, 0) is 73.7 Å². The summed E-state index contributed by atoms with van der Waals surface area (Å²) in [5, 5.41) is 17.5. The Morgan fingerprint density at radius 3 is 2.20 bits per heavy atom. The number of amides is 2. The SMILES string of the molecule is CCCN(CCC)C(=O)c1cccc(C(=O)N[C@@H](Cc2ccccc2)[C@H](O)CNCCc2ccc(OC)cc2)c1. The molecule has 0 radical (unpaired) electrons. The van der Waals surface area contributed by atoms with Crippen LogP contribution in [-0.2, 0) is 12.8 Å². The van der Waals surface area contributed by atoms with Crippen LogP contribution in [0, 0.1) is 0 Å². The van der Waals surface area contributed by atoms with Crippen molar-refractivity contribution in [1.29, 1.82) is 0 Å². The maximum atomic E-state index is 13.3. The van der Waals surface area contributed by atoms with Crippen molar-refractivity contribution in [2.75, 3.05) is 33.3 Å². The van der Waals surface area contributed by atoms with Gasteiger partial charge in [-0.25, -0.2) is 0 Å². The predicted octanol–water partition coefficient (Wildman–Crippen LogP) is 4.49. The van der Waals surface area contributed by atoms with E-state index < -0.39 is 12.1 Å². The molecule has 0 aromatic heterocycles. The Morgan fingerprint density at radius 1 is 0.875 bits per heavy atom. The number of aliphatic hydroxyl groups excluding tert-OH is 1. The van der Waals surface area contributed by atoms with Crippen molar-refractivity contribution < 1.29 is 19.4 Å². The molecule has 214 valence electrons. The average Bonchev–Trinajstić information content (AvgIpc) is 2.99. The monoisotopic (exact) mass is 545 g/mol. The topological polar surface area (TPSA) is 90.9 Å². The van der Waals surface area contributed by atoms with Crippen LogP contribution in [0.3, 0.4) is 0 Å². The van der Waals surface area contributed by atoms with Gasteiger partial charge in [0.2, 0.25) is 0 Å². The summed E-state index contributed by atoms with van der Waals surface area (Å²) in [5.41, 5.74) is 3.08. The van der Waals surface area contributed by atoms with Crippen molar-refractivity contribution in [3.8, 4) is 5.75 Å². The number of carbonyl (C=O) groups excluding carboxylic acids is 2. The van der Waals surface area contributed by atoms with Gasteiger partial charge in [0.1, 0.15) is 5.75 Å². The molecular weight excluding hydrogens is 502 g/mol. The van der Waals surface area contributed by atoms with Gasteiger partial charge in [-0.1, -0.05) is 62.4 Å². The van der Waals surface area contributed by atoms with Crippen molar-refractivity contribution in [2.24, 2.45) is 0 Å². The molecule has 0 saturated carbocycles. The number of nitrogens with zero attached hydrogens (tertiary/aromatic N) is 1. The Bertz CT molecular complexity index is 1180. The molecule has 40 heavy (non-hydrogen) atoms. The molecule has 0 unspecified atom stereocenters. The van der Waals surface area contributed by atoms with Crippen molar-refractivity contribution >= 4 is 11.8 Å². The van der Waals surface area contributed by atoms with E-state index >= 15 is 0 Å². The van der Waals surface area contributed by atoms with Crippen molar-refractivity contribution in [3.63, 3.8) is 0 Å². The van der Waals surface area contributed by atoms with Crippen molar-refractivity contribution in [3.05, 3.63) is 101 Å². The van der Waals surface area contributed by atoms with Gasteiger partial charge in [-0.2, -0.15) is 0 Å². The molecule has 0 aliphatic rings. The van der Waals surface area contributed by atoms with Crippen LogP contribution >= 0.6 is 0 Å². The maximum absolute atomic E-state index is 13.3. The number of hydrogen-bond donors (Lipinski definition) is 3. The van der Waals surface area contributed by atoms with E-state index in [1.807, 2.05) is 73.3 Å². The quantitative estimate of drug-likeness (QED) is 0.231. The molecule has 2 atom stereocenters. The second kappa shape index (κ2) is 16.4. The maximum Gasteiger partial charge on any atom is 0.253 e. The molecule has 0 fully saturated rings. The second-order valence-corrected chi connectivity index (χ2v) is 10.0. The minimum absolute atomic E-state index is 0.0692. The number of nitrogens with one attached hydrogen (secondary N) is 2. The highest BCUT2D eigenvalue weighted by atomic mass is 16.5. The fourth-order valence-corrected chi connectivity index (χ4v) is 4.65. The van der Waals surface area contributed by atoms with Crippen LogP contribution in [0.15, 0.2) is 78.9 Å². The minimum atomic E-state index is -0.811. The molecule has 0 aliphatic carbocycles. The summed E-state index contributed by atoms with van der Waals surface area (Å²) in [6, 6.07) is 24.0. The average molecular weight is 546 g/mol. The van der Waals surface area contributed by atoms with Gasteiger partial charge < -0.3 is 25.4 Å². The van der Waals surface area contributed by atoms with E-state index in [1.165, 1.54) is 5.56 Å². The van der Waals surface area contributed by atoms with E-state index in [0.29, 0.717) is 43.7 Å². The highest BCUT2D eigenvalue weighted by Crippen LogP contribution is 2.13. The summed E-state index contributed by atoms with van der Waals surface area (Å²) < 4.78 is 5.21. The lowest BCUT2D eigenvalue weighted by Crippen LogP contribution is -2.49. The van der Waals surface area contributed by atoms with Gasteiger partial charge in [0, 0.05) is 30.8 Å². The fourth-order valence-electron chi connectivity index (χ4n) is 4.65. The molecule has 3 aromatic carbocycles. The number of aliphatic hydroxyl groups is 1. The van der Waals surface area contributed by atoms with Gasteiger partial charge in [-0.15, -0.1) is 0 Å². The summed E-state index contributed by atoms with van der Waals surface area (Å²) in [6.07, 6.45) is 2.22. The van der Waals surface area contributed by atoms with E-state index in [1.54, 1.807) is 31.4 Å². The van der Waals surface area contributed by atoms with Crippen LogP contribution < -0.4 is 15.4 Å². The first-order valence-corrected chi connectivity index (χ1v) is 14.2. The third-order valence-corrected chi connectivity index (χ3v) is 6.83. The van der Waals surface area contributed by atoms with E-state index in [0.717, 1.165) is 30.6 Å². The van der Waals surface area contributed by atoms with Gasteiger partial charge in [0.05, 0.1) is 19.3 Å². The molecule has 2 amide bonds. The van der Waals surface area contributed by atoms with Gasteiger partial charge in [0.25, 0.3) is 11.8 Å². The van der Waals surface area contributed by atoms with Gasteiger partial charge >= 0.3 is 0 Å². The zero-order valence-corrected chi connectivity index (χ0v) is 23.9. The van der Waals surface area contributed by atoms with Crippen LogP contribution in [0.5, 0.6) is 5.75 Å². The Kier molecular flexibility index (Phi) is 12.7. The fraction of sp³-hybridized carbons (Fsp3) is 0.394. The first-order valence-electron chi connectivity index (χ1n) is 14.2. The zero-order chi connectivity index (χ0) is 28.7. The molecule has 7 heteroatoms. The molecule has 0 aliphatic heterocycles. The predicted molar refractivity (Wildman–Crippen MR) is 160 cm³/mol. The first kappa shape index (κ1) is 30.9. The highest BCUT2D eigenvalue weighted by Gasteiger charge is 2.23. The Labute approximate surface area is 238 Å². The number of rotatable bonds is 16. The number of carbonyl (C=O) groups is 2. The van der Waals surface area contributed by atoms with E-state index in [9.17, 15) is 14.7 Å². The zero-order valence-electron chi connectivity index (χ0n) is 23.9. The lowest BCUT2D eigenvalue weighted by molar-refractivity contribution is 0.0755. The largest absolute Gasteiger partial charge is 0.497 e. The minimum Gasteiger partial charge on any atom is -0.497 e. The normalized spacial score (nSPS) is 12.4. The summed E-state index contributed by atoms with van der Waals surface area (Å²) >= 11 is 0. The lowest BCUT2D eigenvalue weighted by atomic mass is 10.00. The van der Waals surface area contributed by atoms with Crippen molar-refractivity contribution in [1.82, 2.24) is 15.5 Å². The highest BCUT2D eigenvalue weighted by molar-refractivity contribution is 5.99. The number of ether oxygens (including phenoxy) is 1. The van der Waals surface area contributed by atoms with Crippen molar-refractivity contribution in [2.45, 2.75) is 51.7 Å². The van der Waals surface area contributed by atoms with E-state index in [2.05, 4.69) is 10.6 Å². The number of hydrogen-bond acceptors (Lipinski definition) is 5. The van der Waals surface area contributed by atoms with Crippen LogP contribution in [0.25, 0.3) is 0 Å². The summed E-state index contributed by atoms with van der Waals surface area (Å²) in [6.45, 7) is 6.47. The van der Waals surface area contributed by atoms with Crippen LogP contribution in [-0.4, -0.2) is 67.3 Å². The molecule has 7 nitrogen and oxygen atoms in total. The molecule has 0 spiro atoms. The number of methoxy groups -OCH3 is 1. The van der Waals surface area contributed by atoms with Gasteiger partial charge in [0.15, 0.2) is 0 Å². The third-order valence-electron chi connectivity index (χ3n) is 6.83. The molecule has 3 rings (SSSR count). The Morgan fingerprint density at radius 2 is 1.55 bits per heavy atom. The molecule has 0 saturated heterocycles. The molecule has 3 N–H and O–H groups in total. The number of benzene rings is 3. The molecule has 3 aromatic rings.